The van der Waals surface area contributed by atoms with Gasteiger partial charge in [0.15, 0.2) is 0 Å². The molecule has 1 N–H and O–H groups in total. The van der Waals surface area contributed by atoms with E-state index in [1.54, 1.807) is 35.6 Å². The van der Waals surface area contributed by atoms with E-state index in [1.165, 1.54) is 0 Å². The summed E-state index contributed by atoms with van der Waals surface area (Å²) in [5.74, 6) is -0.0915. The Hall–Kier alpha value is -1.33. The standard InChI is InChI=1S/C12H12N2OS2/c1-8-7-17-11(14-8)6-13-12(15)9-2-4-10(16)5-3-9/h2-5,7,16H,6H2,1H3,(H,13,15). The van der Waals surface area contributed by atoms with Crippen LogP contribution in [-0.2, 0) is 6.54 Å². The third kappa shape index (κ3) is 3.31. The predicted molar refractivity (Wildman–Crippen MR) is 71.7 cm³/mol. The predicted octanol–water partition coefficient (Wildman–Crippen LogP) is 2.67. The molecule has 1 amide bonds. The highest BCUT2D eigenvalue weighted by Gasteiger charge is 2.05. The summed E-state index contributed by atoms with van der Waals surface area (Å²) >= 11 is 5.72. The van der Waals surface area contributed by atoms with Gasteiger partial charge in [-0.25, -0.2) is 4.98 Å². The molecule has 3 nitrogen and oxygen atoms in total. The largest absolute Gasteiger partial charge is 0.346 e. The first kappa shape index (κ1) is 12.1. The van der Waals surface area contributed by atoms with Crippen molar-refractivity contribution >= 4 is 29.9 Å². The molecule has 0 atom stereocenters. The number of carbonyl (C=O) groups excluding carboxylic acids is 1. The highest BCUT2D eigenvalue weighted by Crippen LogP contribution is 2.10. The van der Waals surface area contributed by atoms with E-state index in [0.717, 1.165) is 15.6 Å². The van der Waals surface area contributed by atoms with Gasteiger partial charge in [0.2, 0.25) is 0 Å². The molecule has 0 radical (unpaired) electrons. The van der Waals surface area contributed by atoms with Crippen LogP contribution in [0.4, 0.5) is 0 Å². The van der Waals surface area contributed by atoms with Crippen molar-refractivity contribution in [2.45, 2.75) is 18.4 Å². The van der Waals surface area contributed by atoms with Crippen LogP contribution in [0.3, 0.4) is 0 Å². The van der Waals surface area contributed by atoms with E-state index in [-0.39, 0.29) is 5.91 Å². The molecule has 0 aliphatic heterocycles. The fourth-order valence-corrected chi connectivity index (χ4v) is 2.22. The zero-order valence-electron chi connectivity index (χ0n) is 9.30. The number of benzene rings is 1. The van der Waals surface area contributed by atoms with Gasteiger partial charge in [-0.1, -0.05) is 0 Å². The van der Waals surface area contributed by atoms with Crippen molar-refractivity contribution in [1.82, 2.24) is 10.3 Å². The number of aromatic nitrogens is 1. The van der Waals surface area contributed by atoms with Crippen molar-refractivity contribution in [3.63, 3.8) is 0 Å². The number of rotatable bonds is 3. The van der Waals surface area contributed by atoms with Crippen LogP contribution in [0.15, 0.2) is 34.5 Å². The molecule has 5 heteroatoms. The average Bonchev–Trinajstić information content (AvgIpc) is 2.73. The van der Waals surface area contributed by atoms with Crippen LogP contribution < -0.4 is 5.32 Å². The van der Waals surface area contributed by atoms with Crippen molar-refractivity contribution in [1.29, 1.82) is 0 Å². The molecule has 0 saturated carbocycles. The summed E-state index contributed by atoms with van der Waals surface area (Å²) in [5.41, 5.74) is 1.62. The second-order valence-electron chi connectivity index (χ2n) is 3.61. The van der Waals surface area contributed by atoms with Crippen molar-refractivity contribution in [2.24, 2.45) is 0 Å². The van der Waals surface area contributed by atoms with E-state index in [0.29, 0.717) is 12.1 Å². The number of aryl methyl sites for hydroxylation is 1. The molecule has 0 unspecified atom stereocenters. The van der Waals surface area contributed by atoms with Crippen LogP contribution >= 0.6 is 24.0 Å². The maximum absolute atomic E-state index is 11.8. The van der Waals surface area contributed by atoms with Gasteiger partial charge in [-0.3, -0.25) is 4.79 Å². The molecule has 0 spiro atoms. The van der Waals surface area contributed by atoms with Crippen LogP contribution in [-0.4, -0.2) is 10.9 Å². The highest BCUT2D eigenvalue weighted by molar-refractivity contribution is 7.80. The monoisotopic (exact) mass is 264 g/mol. The van der Waals surface area contributed by atoms with Crippen LogP contribution in [0.1, 0.15) is 21.1 Å². The minimum Gasteiger partial charge on any atom is -0.346 e. The molecule has 0 bridgehead atoms. The second kappa shape index (κ2) is 5.33. The smallest absolute Gasteiger partial charge is 0.251 e. The quantitative estimate of drug-likeness (QED) is 0.837. The number of carbonyl (C=O) groups is 1. The molecule has 1 heterocycles. The lowest BCUT2D eigenvalue weighted by molar-refractivity contribution is 0.0951. The first-order chi connectivity index (χ1) is 8.15. The van der Waals surface area contributed by atoms with E-state index in [4.69, 9.17) is 0 Å². The molecular formula is C12H12N2OS2. The zero-order valence-corrected chi connectivity index (χ0v) is 11.0. The van der Waals surface area contributed by atoms with Crippen LogP contribution in [0.2, 0.25) is 0 Å². The lowest BCUT2D eigenvalue weighted by Crippen LogP contribution is -2.22. The Balaban J connectivity index is 1.95. The second-order valence-corrected chi connectivity index (χ2v) is 5.07. The molecule has 17 heavy (non-hydrogen) atoms. The Kier molecular flexibility index (Phi) is 3.81. The third-order valence-corrected chi connectivity index (χ3v) is 3.46. The summed E-state index contributed by atoms with van der Waals surface area (Å²) in [4.78, 5) is 16.9. The Morgan fingerprint density at radius 3 is 2.71 bits per heavy atom. The molecule has 88 valence electrons. The van der Waals surface area contributed by atoms with Gasteiger partial charge >= 0.3 is 0 Å². The summed E-state index contributed by atoms with van der Waals surface area (Å²) < 4.78 is 0. The number of thiol groups is 1. The van der Waals surface area contributed by atoms with Gasteiger partial charge in [-0.2, -0.15) is 0 Å². The lowest BCUT2D eigenvalue weighted by atomic mass is 10.2. The normalized spacial score (nSPS) is 10.2. The van der Waals surface area contributed by atoms with Gasteiger partial charge < -0.3 is 5.32 Å². The maximum atomic E-state index is 11.8. The lowest BCUT2D eigenvalue weighted by Gasteiger charge is -2.03. The van der Waals surface area contributed by atoms with Crippen LogP contribution in [0.5, 0.6) is 0 Å². The summed E-state index contributed by atoms with van der Waals surface area (Å²) in [7, 11) is 0. The number of nitrogens with zero attached hydrogens (tertiary/aromatic N) is 1. The Morgan fingerprint density at radius 2 is 2.12 bits per heavy atom. The zero-order chi connectivity index (χ0) is 12.3. The van der Waals surface area contributed by atoms with Gasteiger partial charge in [-0.05, 0) is 31.2 Å². The summed E-state index contributed by atoms with van der Waals surface area (Å²) in [6.07, 6.45) is 0. The van der Waals surface area contributed by atoms with Gasteiger partial charge in [-0.15, -0.1) is 24.0 Å². The fourth-order valence-electron chi connectivity index (χ4n) is 1.35. The van der Waals surface area contributed by atoms with Crippen molar-refractivity contribution < 1.29 is 4.79 Å². The van der Waals surface area contributed by atoms with Crippen molar-refractivity contribution in [2.75, 3.05) is 0 Å². The summed E-state index contributed by atoms with van der Waals surface area (Å²) in [6.45, 7) is 2.41. The average molecular weight is 264 g/mol. The maximum Gasteiger partial charge on any atom is 0.251 e. The Labute approximate surface area is 109 Å². The molecule has 0 aliphatic rings. The molecule has 2 aromatic rings. The van der Waals surface area contributed by atoms with Gasteiger partial charge in [0, 0.05) is 21.5 Å². The van der Waals surface area contributed by atoms with E-state index in [1.807, 2.05) is 12.3 Å². The van der Waals surface area contributed by atoms with Crippen molar-refractivity contribution in [3.05, 3.63) is 45.9 Å². The molecule has 1 aromatic carbocycles. The van der Waals surface area contributed by atoms with E-state index < -0.39 is 0 Å². The Bertz CT molecular complexity index is 520. The third-order valence-electron chi connectivity index (χ3n) is 2.20. The SMILES string of the molecule is Cc1csc(CNC(=O)c2ccc(S)cc2)n1. The molecule has 2 rings (SSSR count). The minimum absolute atomic E-state index is 0.0915. The fraction of sp³-hybridized carbons (Fsp3) is 0.167. The summed E-state index contributed by atoms with van der Waals surface area (Å²) in [5, 5.41) is 5.72. The Morgan fingerprint density at radius 1 is 1.41 bits per heavy atom. The van der Waals surface area contributed by atoms with Crippen molar-refractivity contribution in [3.8, 4) is 0 Å². The minimum atomic E-state index is -0.0915. The van der Waals surface area contributed by atoms with E-state index >= 15 is 0 Å². The first-order valence-corrected chi connectivity index (χ1v) is 6.46. The molecule has 0 aliphatic carbocycles. The van der Waals surface area contributed by atoms with E-state index in [9.17, 15) is 4.79 Å². The number of amides is 1. The van der Waals surface area contributed by atoms with E-state index in [2.05, 4.69) is 22.9 Å². The number of nitrogens with one attached hydrogen (secondary N) is 1. The van der Waals surface area contributed by atoms with Crippen LogP contribution in [0.25, 0.3) is 0 Å². The van der Waals surface area contributed by atoms with Crippen LogP contribution in [0, 0.1) is 6.92 Å². The van der Waals surface area contributed by atoms with Gasteiger partial charge in [0.25, 0.3) is 5.91 Å². The molecule has 0 fully saturated rings. The number of hydrogen-bond donors (Lipinski definition) is 2. The number of hydrogen-bond acceptors (Lipinski definition) is 4. The highest BCUT2D eigenvalue weighted by atomic mass is 32.1. The molecule has 0 saturated heterocycles. The first-order valence-electron chi connectivity index (χ1n) is 5.13. The molecule has 1 aromatic heterocycles. The van der Waals surface area contributed by atoms with Gasteiger partial charge in [0.1, 0.15) is 5.01 Å². The number of thiazole rings is 1. The van der Waals surface area contributed by atoms with Gasteiger partial charge in [0.05, 0.1) is 6.54 Å². The molecular weight excluding hydrogens is 252 g/mol. The summed E-state index contributed by atoms with van der Waals surface area (Å²) in [6, 6.07) is 7.10. The topological polar surface area (TPSA) is 42.0 Å².